The van der Waals surface area contributed by atoms with Crippen molar-refractivity contribution in [1.29, 1.82) is 0 Å². The van der Waals surface area contributed by atoms with Crippen LogP contribution in [0.2, 0.25) is 0 Å². The first-order valence-electron chi connectivity index (χ1n) is 7.02. The Morgan fingerprint density at radius 1 is 0.857 bits per heavy atom. The second-order valence-corrected chi connectivity index (χ2v) is 5.13. The summed E-state index contributed by atoms with van der Waals surface area (Å²) in [6.07, 6.45) is 3.50. The molecule has 0 saturated heterocycles. The zero-order valence-electron chi connectivity index (χ0n) is 12.3. The van der Waals surface area contributed by atoms with Gasteiger partial charge >= 0.3 is 0 Å². The SMILES string of the molecule is COc1cc(N)c(Oc2ccc3c(c2)CCC3)cc1OC. The van der Waals surface area contributed by atoms with Gasteiger partial charge in [0.25, 0.3) is 0 Å². The van der Waals surface area contributed by atoms with Crippen LogP contribution in [0.25, 0.3) is 0 Å². The molecule has 4 nitrogen and oxygen atoms in total. The van der Waals surface area contributed by atoms with Crippen LogP contribution >= 0.6 is 0 Å². The lowest BCUT2D eigenvalue weighted by Gasteiger charge is -2.14. The molecule has 3 rings (SSSR count). The molecular formula is C17H19NO3. The summed E-state index contributed by atoms with van der Waals surface area (Å²) in [5.41, 5.74) is 9.33. The zero-order valence-corrected chi connectivity index (χ0v) is 12.3. The number of anilines is 1. The number of ether oxygens (including phenoxy) is 3. The topological polar surface area (TPSA) is 53.7 Å². The molecule has 2 aromatic carbocycles. The molecule has 0 atom stereocenters. The second-order valence-electron chi connectivity index (χ2n) is 5.13. The van der Waals surface area contributed by atoms with Gasteiger partial charge < -0.3 is 19.9 Å². The Morgan fingerprint density at radius 3 is 2.33 bits per heavy atom. The van der Waals surface area contributed by atoms with E-state index in [1.165, 1.54) is 17.5 Å². The van der Waals surface area contributed by atoms with Crippen molar-refractivity contribution < 1.29 is 14.2 Å². The molecule has 0 unspecified atom stereocenters. The summed E-state index contributed by atoms with van der Waals surface area (Å²) in [5.74, 6) is 2.57. The van der Waals surface area contributed by atoms with Crippen LogP contribution in [-0.2, 0) is 12.8 Å². The van der Waals surface area contributed by atoms with Crippen LogP contribution in [0.1, 0.15) is 17.5 Å². The highest BCUT2D eigenvalue weighted by Crippen LogP contribution is 2.39. The summed E-state index contributed by atoms with van der Waals surface area (Å²) in [7, 11) is 3.17. The summed E-state index contributed by atoms with van der Waals surface area (Å²) in [4.78, 5) is 0. The van der Waals surface area contributed by atoms with Gasteiger partial charge in [-0.1, -0.05) is 6.07 Å². The second kappa shape index (κ2) is 5.56. The third-order valence-corrected chi connectivity index (χ3v) is 3.81. The van der Waals surface area contributed by atoms with Crippen LogP contribution in [0.4, 0.5) is 5.69 Å². The molecule has 21 heavy (non-hydrogen) atoms. The van der Waals surface area contributed by atoms with Crippen LogP contribution < -0.4 is 19.9 Å². The Hall–Kier alpha value is -2.36. The molecule has 0 aliphatic heterocycles. The van der Waals surface area contributed by atoms with Crippen LogP contribution in [0.15, 0.2) is 30.3 Å². The third kappa shape index (κ3) is 2.61. The maximum Gasteiger partial charge on any atom is 0.164 e. The van der Waals surface area contributed by atoms with E-state index in [0.717, 1.165) is 18.6 Å². The summed E-state index contributed by atoms with van der Waals surface area (Å²) in [6.45, 7) is 0. The number of hydrogen-bond acceptors (Lipinski definition) is 4. The molecule has 1 aliphatic carbocycles. The maximum absolute atomic E-state index is 6.02. The van der Waals surface area contributed by atoms with Gasteiger partial charge in [-0.15, -0.1) is 0 Å². The van der Waals surface area contributed by atoms with Gasteiger partial charge in [0, 0.05) is 12.1 Å². The van der Waals surface area contributed by atoms with Gasteiger partial charge in [0.15, 0.2) is 17.2 Å². The molecule has 1 aliphatic rings. The summed E-state index contributed by atoms with van der Waals surface area (Å²) < 4.78 is 16.4. The Bertz CT molecular complexity index is 667. The molecule has 0 bridgehead atoms. The van der Waals surface area contributed by atoms with E-state index in [9.17, 15) is 0 Å². The highest BCUT2D eigenvalue weighted by Gasteiger charge is 2.14. The summed E-state index contributed by atoms with van der Waals surface area (Å²) >= 11 is 0. The number of aryl methyl sites for hydroxylation is 2. The smallest absolute Gasteiger partial charge is 0.164 e. The van der Waals surface area contributed by atoms with Crippen molar-refractivity contribution >= 4 is 5.69 Å². The van der Waals surface area contributed by atoms with Crippen LogP contribution in [0.5, 0.6) is 23.0 Å². The first kappa shape index (κ1) is 13.6. The molecular weight excluding hydrogens is 266 g/mol. The van der Waals surface area contributed by atoms with Crippen LogP contribution in [0.3, 0.4) is 0 Å². The largest absolute Gasteiger partial charge is 0.493 e. The first-order valence-corrected chi connectivity index (χ1v) is 7.02. The standard InChI is InChI=1S/C17H19NO3/c1-19-16-9-14(18)15(10-17(16)20-2)21-13-7-6-11-4-3-5-12(11)8-13/h6-10H,3-5,18H2,1-2H3. The van der Waals surface area contributed by atoms with Gasteiger partial charge in [0.05, 0.1) is 19.9 Å². The van der Waals surface area contributed by atoms with Crippen molar-refractivity contribution in [3.8, 4) is 23.0 Å². The van der Waals surface area contributed by atoms with E-state index in [0.29, 0.717) is 22.9 Å². The van der Waals surface area contributed by atoms with E-state index in [4.69, 9.17) is 19.9 Å². The maximum atomic E-state index is 6.02. The number of benzene rings is 2. The van der Waals surface area contributed by atoms with E-state index in [-0.39, 0.29) is 0 Å². The highest BCUT2D eigenvalue weighted by molar-refractivity contribution is 5.63. The Balaban J connectivity index is 1.91. The van der Waals surface area contributed by atoms with Crippen molar-refractivity contribution in [2.24, 2.45) is 0 Å². The first-order chi connectivity index (χ1) is 10.2. The molecule has 110 valence electrons. The Labute approximate surface area is 124 Å². The minimum Gasteiger partial charge on any atom is -0.493 e. The fourth-order valence-corrected chi connectivity index (χ4v) is 2.70. The quantitative estimate of drug-likeness (QED) is 0.873. The van der Waals surface area contributed by atoms with Crippen molar-refractivity contribution in [3.63, 3.8) is 0 Å². The number of methoxy groups -OCH3 is 2. The van der Waals surface area contributed by atoms with Crippen molar-refractivity contribution in [3.05, 3.63) is 41.5 Å². The molecule has 0 aromatic heterocycles. The normalized spacial score (nSPS) is 12.9. The summed E-state index contributed by atoms with van der Waals surface area (Å²) in [6, 6.07) is 9.68. The van der Waals surface area contributed by atoms with E-state index < -0.39 is 0 Å². The Morgan fingerprint density at radius 2 is 1.57 bits per heavy atom. The lowest BCUT2D eigenvalue weighted by atomic mass is 10.1. The fraction of sp³-hybridized carbons (Fsp3) is 0.294. The van der Waals surface area contributed by atoms with Crippen molar-refractivity contribution in [1.82, 2.24) is 0 Å². The molecule has 0 radical (unpaired) electrons. The number of nitrogens with two attached hydrogens (primary N) is 1. The molecule has 0 heterocycles. The highest BCUT2D eigenvalue weighted by atomic mass is 16.5. The van der Waals surface area contributed by atoms with Gasteiger partial charge in [-0.3, -0.25) is 0 Å². The van der Waals surface area contributed by atoms with E-state index in [2.05, 4.69) is 12.1 Å². The van der Waals surface area contributed by atoms with Gasteiger partial charge in [-0.2, -0.15) is 0 Å². The van der Waals surface area contributed by atoms with Crippen LogP contribution in [-0.4, -0.2) is 14.2 Å². The lowest BCUT2D eigenvalue weighted by Crippen LogP contribution is -1.97. The van der Waals surface area contributed by atoms with Gasteiger partial charge in [0.1, 0.15) is 5.75 Å². The van der Waals surface area contributed by atoms with E-state index in [1.54, 1.807) is 26.4 Å². The molecule has 2 aromatic rings. The van der Waals surface area contributed by atoms with Crippen LogP contribution in [0, 0.1) is 0 Å². The lowest BCUT2D eigenvalue weighted by molar-refractivity contribution is 0.352. The number of rotatable bonds is 4. The van der Waals surface area contributed by atoms with E-state index >= 15 is 0 Å². The minimum absolute atomic E-state index is 0.521. The van der Waals surface area contributed by atoms with Crippen molar-refractivity contribution in [2.75, 3.05) is 20.0 Å². The number of nitrogen functional groups attached to an aromatic ring is 1. The fourth-order valence-electron chi connectivity index (χ4n) is 2.70. The predicted octanol–water partition coefficient (Wildman–Crippen LogP) is 3.57. The average Bonchev–Trinajstić information content (AvgIpc) is 2.96. The van der Waals surface area contributed by atoms with Gasteiger partial charge in [0.2, 0.25) is 0 Å². The molecule has 0 saturated carbocycles. The van der Waals surface area contributed by atoms with Gasteiger partial charge in [-0.05, 0) is 42.5 Å². The Kier molecular flexibility index (Phi) is 3.60. The van der Waals surface area contributed by atoms with Crippen molar-refractivity contribution in [2.45, 2.75) is 19.3 Å². The monoisotopic (exact) mass is 285 g/mol. The van der Waals surface area contributed by atoms with Gasteiger partial charge in [-0.25, -0.2) is 0 Å². The number of fused-ring (bicyclic) bond motifs is 1. The third-order valence-electron chi connectivity index (χ3n) is 3.81. The molecule has 0 amide bonds. The van der Waals surface area contributed by atoms with E-state index in [1.807, 2.05) is 6.07 Å². The molecule has 2 N–H and O–H groups in total. The minimum atomic E-state index is 0.521. The number of hydrogen-bond donors (Lipinski definition) is 1. The average molecular weight is 285 g/mol. The summed E-state index contributed by atoms with van der Waals surface area (Å²) in [5, 5.41) is 0. The predicted molar refractivity (Wildman–Crippen MR) is 82.5 cm³/mol. The molecule has 0 spiro atoms. The molecule has 4 heteroatoms. The molecule has 0 fully saturated rings. The zero-order chi connectivity index (χ0) is 14.8.